The average molecular weight is 391 g/mol. The lowest BCUT2D eigenvalue weighted by Crippen LogP contribution is -2.22. The molecular weight excluding hydrogens is 372 g/mol. The summed E-state index contributed by atoms with van der Waals surface area (Å²) in [6.45, 7) is 4.94. The minimum absolute atomic E-state index is 0.234. The van der Waals surface area contributed by atoms with Crippen LogP contribution in [0.1, 0.15) is 36.6 Å². The number of ether oxygens (including phenoxy) is 3. The molecule has 1 atom stereocenters. The third-order valence-electron chi connectivity index (χ3n) is 3.84. The van der Waals surface area contributed by atoms with Crippen molar-refractivity contribution in [3.8, 4) is 11.5 Å². The molecule has 24 heavy (non-hydrogen) atoms. The zero-order valence-corrected chi connectivity index (χ0v) is 15.3. The van der Waals surface area contributed by atoms with Crippen LogP contribution in [0.15, 0.2) is 40.9 Å². The highest BCUT2D eigenvalue weighted by molar-refractivity contribution is 9.10. The molecule has 0 aliphatic carbocycles. The van der Waals surface area contributed by atoms with Gasteiger partial charge in [-0.3, -0.25) is 4.79 Å². The van der Waals surface area contributed by atoms with Gasteiger partial charge in [-0.25, -0.2) is 0 Å². The van der Waals surface area contributed by atoms with Crippen LogP contribution in [-0.4, -0.2) is 19.2 Å². The predicted molar refractivity (Wildman–Crippen MR) is 94.6 cm³/mol. The summed E-state index contributed by atoms with van der Waals surface area (Å²) in [6.07, 6.45) is -0.182. The molecule has 0 amide bonds. The van der Waals surface area contributed by atoms with Gasteiger partial charge in [-0.05, 0) is 49.2 Å². The molecule has 4 nitrogen and oxygen atoms in total. The molecule has 3 rings (SSSR count). The number of hydrogen-bond donors (Lipinski definition) is 0. The third-order valence-corrected chi connectivity index (χ3v) is 4.37. The largest absolute Gasteiger partial charge is 0.490 e. The Morgan fingerprint density at radius 2 is 1.71 bits per heavy atom. The zero-order chi connectivity index (χ0) is 17.1. The van der Waals surface area contributed by atoms with E-state index in [4.69, 9.17) is 14.2 Å². The maximum absolute atomic E-state index is 12.1. The third kappa shape index (κ3) is 3.41. The Morgan fingerprint density at radius 3 is 2.33 bits per heavy atom. The SMILES string of the molecule is CCOc1cc2c(cc1OCC)[C@@H](c1ccc(Br)cc1)OC(=O)C2. The number of carbonyl (C=O) groups is 1. The van der Waals surface area contributed by atoms with E-state index in [-0.39, 0.29) is 12.4 Å². The van der Waals surface area contributed by atoms with E-state index >= 15 is 0 Å². The van der Waals surface area contributed by atoms with Crippen molar-refractivity contribution in [2.24, 2.45) is 0 Å². The van der Waals surface area contributed by atoms with E-state index < -0.39 is 6.10 Å². The van der Waals surface area contributed by atoms with Gasteiger partial charge >= 0.3 is 5.97 Å². The van der Waals surface area contributed by atoms with Crippen LogP contribution < -0.4 is 9.47 Å². The van der Waals surface area contributed by atoms with Gasteiger partial charge in [0.2, 0.25) is 0 Å². The van der Waals surface area contributed by atoms with Crippen molar-refractivity contribution >= 4 is 21.9 Å². The zero-order valence-electron chi connectivity index (χ0n) is 13.7. The first-order valence-corrected chi connectivity index (χ1v) is 8.79. The standard InChI is InChI=1S/C19H19BrO4/c1-3-22-16-9-13-10-18(21)24-19(12-5-7-14(20)8-6-12)15(13)11-17(16)23-4-2/h5-9,11,19H,3-4,10H2,1-2H3/t19-/m1/s1. The van der Waals surface area contributed by atoms with E-state index in [1.165, 1.54) is 0 Å². The maximum atomic E-state index is 12.1. The summed E-state index contributed by atoms with van der Waals surface area (Å²) in [5.74, 6) is 1.11. The van der Waals surface area contributed by atoms with Crippen molar-refractivity contribution in [1.82, 2.24) is 0 Å². The lowest BCUT2D eigenvalue weighted by atomic mass is 9.92. The molecule has 126 valence electrons. The van der Waals surface area contributed by atoms with Crippen molar-refractivity contribution in [3.63, 3.8) is 0 Å². The molecular formula is C19H19BrO4. The summed E-state index contributed by atoms with van der Waals surface area (Å²) in [5.41, 5.74) is 2.80. The van der Waals surface area contributed by atoms with Crippen molar-refractivity contribution < 1.29 is 19.0 Å². The van der Waals surface area contributed by atoms with E-state index in [0.717, 1.165) is 21.2 Å². The van der Waals surface area contributed by atoms with Crippen LogP contribution in [0.2, 0.25) is 0 Å². The number of esters is 1. The summed E-state index contributed by atoms with van der Waals surface area (Å²) >= 11 is 3.43. The van der Waals surface area contributed by atoms with Crippen LogP contribution in [0, 0.1) is 0 Å². The predicted octanol–water partition coefficient (Wildman–Crippen LogP) is 4.44. The molecule has 5 heteroatoms. The summed E-state index contributed by atoms with van der Waals surface area (Å²) in [7, 11) is 0. The number of fused-ring (bicyclic) bond motifs is 1. The molecule has 0 fully saturated rings. The first-order chi connectivity index (χ1) is 11.6. The maximum Gasteiger partial charge on any atom is 0.311 e. The molecule has 0 saturated carbocycles. The first kappa shape index (κ1) is 16.8. The van der Waals surface area contributed by atoms with E-state index in [1.807, 2.05) is 50.2 Å². The molecule has 0 spiro atoms. The topological polar surface area (TPSA) is 44.8 Å². The normalized spacial score (nSPS) is 16.3. The van der Waals surface area contributed by atoms with Gasteiger partial charge in [-0.1, -0.05) is 28.1 Å². The van der Waals surface area contributed by atoms with Gasteiger partial charge in [0.05, 0.1) is 19.6 Å². The van der Waals surface area contributed by atoms with Crippen molar-refractivity contribution in [3.05, 3.63) is 57.6 Å². The van der Waals surface area contributed by atoms with E-state index in [0.29, 0.717) is 24.7 Å². The lowest BCUT2D eigenvalue weighted by molar-refractivity contribution is -0.148. The van der Waals surface area contributed by atoms with Gasteiger partial charge in [-0.2, -0.15) is 0 Å². The van der Waals surface area contributed by atoms with Crippen LogP contribution in [0.4, 0.5) is 0 Å². The number of benzene rings is 2. The summed E-state index contributed by atoms with van der Waals surface area (Å²) < 4.78 is 18.0. The lowest BCUT2D eigenvalue weighted by Gasteiger charge is -2.27. The van der Waals surface area contributed by atoms with Crippen molar-refractivity contribution in [2.75, 3.05) is 13.2 Å². The highest BCUT2D eigenvalue weighted by Gasteiger charge is 2.29. The molecule has 2 aromatic rings. The number of rotatable bonds is 5. The monoisotopic (exact) mass is 390 g/mol. The van der Waals surface area contributed by atoms with Gasteiger partial charge in [0.25, 0.3) is 0 Å². The van der Waals surface area contributed by atoms with Crippen molar-refractivity contribution in [1.29, 1.82) is 0 Å². The fourth-order valence-electron chi connectivity index (χ4n) is 2.83. The second kappa shape index (κ2) is 7.26. The fraction of sp³-hybridized carbons (Fsp3) is 0.316. The smallest absolute Gasteiger partial charge is 0.311 e. The van der Waals surface area contributed by atoms with Gasteiger partial charge in [-0.15, -0.1) is 0 Å². The number of hydrogen-bond acceptors (Lipinski definition) is 4. The van der Waals surface area contributed by atoms with E-state index in [9.17, 15) is 4.79 Å². The summed E-state index contributed by atoms with van der Waals surface area (Å²) in [4.78, 5) is 12.1. The molecule has 1 aliphatic rings. The molecule has 0 radical (unpaired) electrons. The molecule has 0 unspecified atom stereocenters. The van der Waals surface area contributed by atoms with E-state index in [2.05, 4.69) is 15.9 Å². The van der Waals surface area contributed by atoms with Gasteiger partial charge < -0.3 is 14.2 Å². The van der Waals surface area contributed by atoms with Crippen LogP contribution in [-0.2, 0) is 16.0 Å². The molecule has 1 heterocycles. The number of cyclic esters (lactones) is 1. The second-order valence-corrected chi connectivity index (χ2v) is 6.38. The van der Waals surface area contributed by atoms with Gasteiger partial charge in [0.15, 0.2) is 17.6 Å². The highest BCUT2D eigenvalue weighted by Crippen LogP contribution is 2.40. The molecule has 0 N–H and O–H groups in total. The number of carbonyl (C=O) groups excluding carboxylic acids is 1. The average Bonchev–Trinajstić information content (AvgIpc) is 2.56. The van der Waals surface area contributed by atoms with Crippen LogP contribution in [0.3, 0.4) is 0 Å². The number of halogens is 1. The molecule has 0 saturated heterocycles. The van der Waals surface area contributed by atoms with Gasteiger partial charge in [0, 0.05) is 10.0 Å². The summed E-state index contributed by atoms with van der Waals surface area (Å²) in [5, 5.41) is 0. The molecule has 0 bridgehead atoms. The van der Waals surface area contributed by atoms with Crippen LogP contribution in [0.5, 0.6) is 11.5 Å². The van der Waals surface area contributed by atoms with Crippen LogP contribution >= 0.6 is 15.9 Å². The van der Waals surface area contributed by atoms with E-state index in [1.54, 1.807) is 0 Å². The summed E-state index contributed by atoms with van der Waals surface area (Å²) in [6, 6.07) is 11.6. The Bertz CT molecular complexity index is 740. The first-order valence-electron chi connectivity index (χ1n) is 7.99. The minimum atomic E-state index is -0.427. The van der Waals surface area contributed by atoms with Crippen LogP contribution in [0.25, 0.3) is 0 Å². The Kier molecular flexibility index (Phi) is 5.09. The Hall–Kier alpha value is -2.01. The Morgan fingerprint density at radius 1 is 1.08 bits per heavy atom. The van der Waals surface area contributed by atoms with Crippen molar-refractivity contribution in [2.45, 2.75) is 26.4 Å². The minimum Gasteiger partial charge on any atom is -0.490 e. The quantitative estimate of drug-likeness (QED) is 0.708. The molecule has 2 aromatic carbocycles. The second-order valence-electron chi connectivity index (χ2n) is 5.46. The highest BCUT2D eigenvalue weighted by atomic mass is 79.9. The Labute approximate surface area is 149 Å². The molecule has 0 aromatic heterocycles. The van der Waals surface area contributed by atoms with Gasteiger partial charge in [0.1, 0.15) is 0 Å². The molecule has 1 aliphatic heterocycles. The fourth-order valence-corrected chi connectivity index (χ4v) is 3.09. The Balaban J connectivity index is 2.08.